The van der Waals surface area contributed by atoms with Gasteiger partial charge >= 0.3 is 0 Å². The Balaban J connectivity index is 2.70. The molecule has 0 saturated heterocycles. The minimum Gasteiger partial charge on any atom is -0.143 e. The van der Waals surface area contributed by atoms with Crippen molar-refractivity contribution in [2.75, 3.05) is 5.88 Å². The summed E-state index contributed by atoms with van der Waals surface area (Å²) in [5.74, 6) is 0.671. The number of aryl methyl sites for hydroxylation is 1. The van der Waals surface area contributed by atoms with E-state index in [0.29, 0.717) is 5.88 Å². The molecular weight excluding hydrogens is 192 g/mol. The van der Waals surface area contributed by atoms with Gasteiger partial charge in [-0.25, -0.2) is 0 Å². The van der Waals surface area contributed by atoms with Gasteiger partial charge in [-0.2, -0.15) is 0 Å². The van der Waals surface area contributed by atoms with Crippen molar-refractivity contribution in [3.8, 4) is 0 Å². The Morgan fingerprint density at radius 3 is 2.58 bits per heavy atom. The summed E-state index contributed by atoms with van der Waals surface area (Å²) in [6, 6.07) is 0. The molecule has 0 aliphatic carbocycles. The Kier molecular flexibility index (Phi) is 3.07. The second-order valence-corrected chi connectivity index (χ2v) is 4.86. The third kappa shape index (κ3) is 2.42. The molecule has 0 N–H and O–H groups in total. The lowest BCUT2D eigenvalue weighted by Crippen LogP contribution is -2.16. The topological polar surface area (TPSA) is 25.8 Å². The van der Waals surface area contributed by atoms with Crippen molar-refractivity contribution in [3.63, 3.8) is 0 Å². The van der Waals surface area contributed by atoms with Crippen LogP contribution in [0.1, 0.15) is 24.4 Å². The first kappa shape index (κ1) is 9.93. The lowest BCUT2D eigenvalue weighted by molar-refractivity contribution is 0.420. The zero-order valence-electron chi connectivity index (χ0n) is 7.59. The lowest BCUT2D eigenvalue weighted by atomic mass is 9.91. The SMILES string of the molecule is Cc1nnsc1CC(C)(C)CCl. The predicted octanol–water partition coefficient (Wildman–Crippen LogP) is 2.65. The fraction of sp³-hybridized carbons (Fsp3) is 0.750. The van der Waals surface area contributed by atoms with Gasteiger partial charge in [0.2, 0.25) is 0 Å². The van der Waals surface area contributed by atoms with Crippen LogP contribution in [0, 0.1) is 12.3 Å². The molecule has 68 valence electrons. The third-order valence-electron chi connectivity index (χ3n) is 1.75. The van der Waals surface area contributed by atoms with Crippen LogP contribution in [0.2, 0.25) is 0 Å². The zero-order chi connectivity index (χ0) is 9.19. The normalized spacial score (nSPS) is 12.0. The number of hydrogen-bond donors (Lipinski definition) is 0. The van der Waals surface area contributed by atoms with Crippen molar-refractivity contribution < 1.29 is 0 Å². The van der Waals surface area contributed by atoms with Gasteiger partial charge in [-0.15, -0.1) is 16.7 Å². The summed E-state index contributed by atoms with van der Waals surface area (Å²) in [4.78, 5) is 1.25. The highest BCUT2D eigenvalue weighted by Crippen LogP contribution is 2.25. The first-order valence-electron chi connectivity index (χ1n) is 3.89. The van der Waals surface area contributed by atoms with E-state index in [-0.39, 0.29) is 5.41 Å². The maximum Gasteiger partial charge on any atom is 0.0756 e. The smallest absolute Gasteiger partial charge is 0.0756 e. The van der Waals surface area contributed by atoms with E-state index in [4.69, 9.17) is 11.6 Å². The molecule has 2 nitrogen and oxygen atoms in total. The number of aromatic nitrogens is 2. The van der Waals surface area contributed by atoms with E-state index in [9.17, 15) is 0 Å². The second-order valence-electron chi connectivity index (χ2n) is 3.76. The molecule has 0 aromatic carbocycles. The van der Waals surface area contributed by atoms with Crippen molar-refractivity contribution in [2.45, 2.75) is 27.2 Å². The number of nitrogens with zero attached hydrogens (tertiary/aromatic N) is 2. The fourth-order valence-electron chi connectivity index (χ4n) is 0.895. The maximum absolute atomic E-state index is 5.83. The van der Waals surface area contributed by atoms with Gasteiger partial charge < -0.3 is 0 Å². The van der Waals surface area contributed by atoms with E-state index >= 15 is 0 Å². The van der Waals surface area contributed by atoms with Crippen molar-refractivity contribution in [2.24, 2.45) is 5.41 Å². The summed E-state index contributed by atoms with van der Waals surface area (Å²) in [5.41, 5.74) is 1.19. The average molecular weight is 205 g/mol. The van der Waals surface area contributed by atoms with E-state index in [2.05, 4.69) is 23.4 Å². The fourth-order valence-corrected chi connectivity index (χ4v) is 1.88. The van der Waals surface area contributed by atoms with Gasteiger partial charge in [0.25, 0.3) is 0 Å². The van der Waals surface area contributed by atoms with E-state index in [0.717, 1.165) is 12.1 Å². The molecule has 4 heteroatoms. The summed E-state index contributed by atoms with van der Waals surface area (Å²) in [7, 11) is 0. The molecule has 0 unspecified atom stereocenters. The van der Waals surface area contributed by atoms with Gasteiger partial charge in [0.1, 0.15) is 0 Å². The van der Waals surface area contributed by atoms with Crippen LogP contribution in [0.5, 0.6) is 0 Å². The first-order chi connectivity index (χ1) is 5.55. The molecule has 1 rings (SSSR count). The molecule has 1 heterocycles. The van der Waals surface area contributed by atoms with Crippen molar-refractivity contribution in [3.05, 3.63) is 10.6 Å². The van der Waals surface area contributed by atoms with Gasteiger partial charge in [0, 0.05) is 10.8 Å². The number of alkyl halides is 1. The summed E-state index contributed by atoms with van der Waals surface area (Å²) in [5, 5.41) is 3.96. The molecule has 12 heavy (non-hydrogen) atoms. The van der Waals surface area contributed by atoms with Gasteiger partial charge in [0.15, 0.2) is 0 Å². The van der Waals surface area contributed by atoms with E-state index < -0.39 is 0 Å². The molecule has 0 radical (unpaired) electrons. The first-order valence-corrected chi connectivity index (χ1v) is 5.20. The summed E-state index contributed by atoms with van der Waals surface area (Å²) < 4.78 is 3.89. The molecule has 1 aromatic heterocycles. The van der Waals surface area contributed by atoms with E-state index in [1.54, 1.807) is 0 Å². The van der Waals surface area contributed by atoms with Crippen LogP contribution in [0.3, 0.4) is 0 Å². The highest BCUT2D eigenvalue weighted by Gasteiger charge is 2.19. The Morgan fingerprint density at radius 1 is 1.50 bits per heavy atom. The van der Waals surface area contributed by atoms with Crippen LogP contribution in [-0.2, 0) is 6.42 Å². The Bertz CT molecular complexity index is 257. The van der Waals surface area contributed by atoms with Crippen LogP contribution in [-0.4, -0.2) is 15.5 Å². The van der Waals surface area contributed by atoms with E-state index in [1.165, 1.54) is 16.4 Å². The number of hydrogen-bond acceptors (Lipinski definition) is 3. The van der Waals surface area contributed by atoms with Crippen LogP contribution < -0.4 is 0 Å². The summed E-state index contributed by atoms with van der Waals surface area (Å²) in [6.07, 6.45) is 0.972. The van der Waals surface area contributed by atoms with Crippen LogP contribution in [0.15, 0.2) is 0 Å². The second kappa shape index (κ2) is 3.71. The summed E-state index contributed by atoms with van der Waals surface area (Å²) in [6.45, 7) is 6.29. The standard InChI is InChI=1S/C8H13ClN2S/c1-6-7(12-11-10-6)4-8(2,3)5-9/h4-5H2,1-3H3. The monoisotopic (exact) mass is 204 g/mol. The van der Waals surface area contributed by atoms with E-state index in [1.807, 2.05) is 6.92 Å². The predicted molar refractivity (Wildman–Crippen MR) is 52.9 cm³/mol. The molecule has 0 aliphatic heterocycles. The van der Waals surface area contributed by atoms with Gasteiger partial charge in [0.05, 0.1) is 5.69 Å². The molecule has 0 amide bonds. The number of rotatable bonds is 3. The molecule has 0 fully saturated rings. The average Bonchev–Trinajstić information content (AvgIpc) is 2.36. The van der Waals surface area contributed by atoms with Crippen molar-refractivity contribution >= 4 is 23.1 Å². The molecule has 0 saturated carbocycles. The quantitative estimate of drug-likeness (QED) is 0.708. The largest absolute Gasteiger partial charge is 0.143 e. The van der Waals surface area contributed by atoms with Crippen LogP contribution in [0.4, 0.5) is 0 Å². The third-order valence-corrected chi connectivity index (χ3v) is 3.29. The molecule has 0 atom stereocenters. The van der Waals surface area contributed by atoms with Crippen LogP contribution in [0.25, 0.3) is 0 Å². The van der Waals surface area contributed by atoms with Crippen molar-refractivity contribution in [1.82, 2.24) is 9.59 Å². The minimum absolute atomic E-state index is 0.153. The molecule has 0 bridgehead atoms. The molecule has 1 aromatic rings. The maximum atomic E-state index is 5.83. The molecular formula is C8H13ClN2S. The number of halogens is 1. The molecule has 0 aliphatic rings. The Labute approximate surface area is 82.1 Å². The lowest BCUT2D eigenvalue weighted by Gasteiger charge is -2.19. The van der Waals surface area contributed by atoms with Gasteiger partial charge in [-0.05, 0) is 30.3 Å². The Morgan fingerprint density at radius 2 is 2.17 bits per heavy atom. The molecule has 0 spiro atoms. The minimum atomic E-state index is 0.153. The zero-order valence-corrected chi connectivity index (χ0v) is 9.17. The van der Waals surface area contributed by atoms with Gasteiger partial charge in [-0.1, -0.05) is 18.3 Å². The van der Waals surface area contributed by atoms with Gasteiger partial charge in [-0.3, -0.25) is 0 Å². The summed E-state index contributed by atoms with van der Waals surface area (Å²) >= 11 is 7.30. The van der Waals surface area contributed by atoms with Crippen molar-refractivity contribution in [1.29, 1.82) is 0 Å². The highest BCUT2D eigenvalue weighted by atomic mass is 35.5. The highest BCUT2D eigenvalue weighted by molar-refractivity contribution is 7.05. The van der Waals surface area contributed by atoms with Crippen LogP contribution >= 0.6 is 23.1 Å². The Hall–Kier alpha value is -0.150.